The predicted molar refractivity (Wildman–Crippen MR) is 93.9 cm³/mol. The molecular formula is C17H15N5S. The smallest absolute Gasteiger partial charge is 0.126 e. The summed E-state index contributed by atoms with van der Waals surface area (Å²) in [6.45, 7) is 4.05. The number of rotatable bonds is 2. The Balaban J connectivity index is 1.86. The second-order valence-electron chi connectivity index (χ2n) is 5.49. The Morgan fingerprint density at radius 3 is 2.70 bits per heavy atom. The zero-order valence-corrected chi connectivity index (χ0v) is 13.6. The summed E-state index contributed by atoms with van der Waals surface area (Å²) in [6.07, 6.45) is 1.90. The van der Waals surface area contributed by atoms with E-state index in [1.807, 2.05) is 43.5 Å². The van der Waals surface area contributed by atoms with Crippen LogP contribution in [0.1, 0.15) is 11.3 Å². The Morgan fingerprint density at radius 2 is 1.91 bits per heavy atom. The Kier molecular flexibility index (Phi) is 3.12. The lowest BCUT2D eigenvalue weighted by Crippen LogP contribution is -1.93. The number of benzene rings is 1. The number of fused-ring (bicyclic) bond motifs is 1. The third-order valence-electron chi connectivity index (χ3n) is 3.77. The van der Waals surface area contributed by atoms with E-state index in [0.29, 0.717) is 0 Å². The van der Waals surface area contributed by atoms with E-state index in [9.17, 15) is 0 Å². The van der Waals surface area contributed by atoms with E-state index >= 15 is 0 Å². The van der Waals surface area contributed by atoms with E-state index in [2.05, 4.69) is 28.3 Å². The fourth-order valence-electron chi connectivity index (χ4n) is 2.73. The van der Waals surface area contributed by atoms with Crippen molar-refractivity contribution in [1.82, 2.24) is 20.0 Å². The number of nitrogen functional groups attached to an aromatic ring is 1. The first-order valence-corrected chi connectivity index (χ1v) is 8.09. The monoisotopic (exact) mass is 321 g/mol. The van der Waals surface area contributed by atoms with Gasteiger partial charge in [0.05, 0.1) is 22.4 Å². The van der Waals surface area contributed by atoms with E-state index < -0.39 is 0 Å². The van der Waals surface area contributed by atoms with Gasteiger partial charge in [-0.15, -0.1) is 16.4 Å². The standard InChI is InChI=1S/C17H15N5S/c1-10-8-11(2)19-17-14(10)15(18)16(23-17)13-9-22(21-20-13)12-6-4-3-5-7-12/h3-9H,18H2,1-2H3. The Bertz CT molecular complexity index is 1000. The van der Waals surface area contributed by atoms with Crippen molar-refractivity contribution in [2.24, 2.45) is 0 Å². The van der Waals surface area contributed by atoms with Crippen LogP contribution < -0.4 is 5.73 Å². The number of aromatic nitrogens is 4. The molecular weight excluding hydrogens is 306 g/mol. The average Bonchev–Trinajstić information content (AvgIpc) is 3.13. The Morgan fingerprint density at radius 1 is 1.13 bits per heavy atom. The number of anilines is 1. The zero-order chi connectivity index (χ0) is 16.0. The minimum absolute atomic E-state index is 0.732. The average molecular weight is 321 g/mol. The van der Waals surface area contributed by atoms with E-state index in [1.165, 1.54) is 0 Å². The zero-order valence-electron chi connectivity index (χ0n) is 12.8. The summed E-state index contributed by atoms with van der Waals surface area (Å²) in [5.41, 5.74) is 11.0. The lowest BCUT2D eigenvalue weighted by atomic mass is 10.1. The molecule has 0 radical (unpaired) electrons. The molecule has 1 aromatic carbocycles. The predicted octanol–water partition coefficient (Wildman–Crippen LogP) is 3.74. The van der Waals surface area contributed by atoms with Gasteiger partial charge in [-0.1, -0.05) is 23.4 Å². The number of aryl methyl sites for hydroxylation is 2. The molecule has 0 aliphatic heterocycles. The van der Waals surface area contributed by atoms with Gasteiger partial charge in [0, 0.05) is 11.1 Å². The SMILES string of the molecule is Cc1cc(C)c2c(N)c(-c3cn(-c4ccccc4)nn3)sc2n1. The molecule has 0 fully saturated rings. The van der Waals surface area contributed by atoms with Gasteiger partial charge in [-0.25, -0.2) is 9.67 Å². The van der Waals surface area contributed by atoms with Gasteiger partial charge >= 0.3 is 0 Å². The molecule has 0 amide bonds. The highest BCUT2D eigenvalue weighted by Crippen LogP contribution is 2.40. The maximum Gasteiger partial charge on any atom is 0.126 e. The van der Waals surface area contributed by atoms with E-state index in [-0.39, 0.29) is 0 Å². The summed E-state index contributed by atoms with van der Waals surface area (Å²) in [5, 5.41) is 9.52. The highest BCUT2D eigenvalue weighted by atomic mass is 32.1. The third-order valence-corrected chi connectivity index (χ3v) is 4.89. The maximum atomic E-state index is 6.36. The van der Waals surface area contributed by atoms with Gasteiger partial charge in [-0.3, -0.25) is 0 Å². The first-order chi connectivity index (χ1) is 11.1. The molecule has 0 saturated carbocycles. The van der Waals surface area contributed by atoms with Crippen LogP contribution in [0.4, 0.5) is 5.69 Å². The van der Waals surface area contributed by atoms with Crippen LogP contribution in [0.2, 0.25) is 0 Å². The van der Waals surface area contributed by atoms with Crippen LogP contribution in [0.15, 0.2) is 42.6 Å². The molecule has 114 valence electrons. The number of nitrogens with two attached hydrogens (primary N) is 1. The number of hydrogen-bond acceptors (Lipinski definition) is 5. The lowest BCUT2D eigenvalue weighted by molar-refractivity contribution is 0.804. The van der Waals surface area contributed by atoms with Crippen molar-refractivity contribution in [2.45, 2.75) is 13.8 Å². The topological polar surface area (TPSA) is 69.6 Å². The quantitative estimate of drug-likeness (QED) is 0.610. The van der Waals surface area contributed by atoms with Gasteiger partial charge in [0.25, 0.3) is 0 Å². The van der Waals surface area contributed by atoms with Crippen LogP contribution in [0.25, 0.3) is 26.5 Å². The summed E-state index contributed by atoms with van der Waals surface area (Å²) in [4.78, 5) is 6.46. The first kappa shape index (κ1) is 13.9. The molecule has 0 saturated heterocycles. The molecule has 4 aromatic rings. The second kappa shape index (κ2) is 5.17. The molecule has 3 aromatic heterocycles. The van der Waals surface area contributed by atoms with Crippen molar-refractivity contribution in [1.29, 1.82) is 0 Å². The summed E-state index contributed by atoms with van der Waals surface area (Å²) in [6, 6.07) is 11.9. The van der Waals surface area contributed by atoms with Crippen LogP contribution in [0.3, 0.4) is 0 Å². The number of thiophene rings is 1. The molecule has 0 aliphatic carbocycles. The van der Waals surface area contributed by atoms with Crippen molar-refractivity contribution >= 4 is 27.2 Å². The molecule has 3 heterocycles. The van der Waals surface area contributed by atoms with Gasteiger partial charge in [-0.05, 0) is 37.6 Å². The summed E-state index contributed by atoms with van der Waals surface area (Å²) < 4.78 is 1.75. The molecule has 5 nitrogen and oxygen atoms in total. The lowest BCUT2D eigenvalue weighted by Gasteiger charge is -1.99. The molecule has 23 heavy (non-hydrogen) atoms. The largest absolute Gasteiger partial charge is 0.397 e. The van der Waals surface area contributed by atoms with Gasteiger partial charge < -0.3 is 5.73 Å². The first-order valence-electron chi connectivity index (χ1n) is 7.28. The molecule has 0 spiro atoms. The highest BCUT2D eigenvalue weighted by molar-refractivity contribution is 7.22. The molecule has 4 rings (SSSR count). The minimum atomic E-state index is 0.732. The normalized spacial score (nSPS) is 11.2. The fourth-order valence-corrected chi connectivity index (χ4v) is 3.90. The van der Waals surface area contributed by atoms with Gasteiger partial charge in [0.15, 0.2) is 0 Å². The van der Waals surface area contributed by atoms with E-state index in [0.717, 1.165) is 43.4 Å². The second-order valence-corrected chi connectivity index (χ2v) is 6.49. The van der Waals surface area contributed by atoms with Gasteiger partial charge in [-0.2, -0.15) is 0 Å². The van der Waals surface area contributed by atoms with Gasteiger partial charge in [0.1, 0.15) is 10.5 Å². The molecule has 0 atom stereocenters. The van der Waals surface area contributed by atoms with Crippen LogP contribution in [-0.4, -0.2) is 20.0 Å². The van der Waals surface area contributed by atoms with Crippen molar-refractivity contribution in [3.8, 4) is 16.3 Å². The highest BCUT2D eigenvalue weighted by Gasteiger charge is 2.17. The van der Waals surface area contributed by atoms with Crippen LogP contribution in [0, 0.1) is 13.8 Å². The van der Waals surface area contributed by atoms with Crippen molar-refractivity contribution < 1.29 is 0 Å². The Labute approximate surface area is 137 Å². The molecule has 2 N–H and O–H groups in total. The maximum absolute atomic E-state index is 6.36. The number of pyridine rings is 1. The minimum Gasteiger partial charge on any atom is -0.397 e. The third kappa shape index (κ3) is 2.27. The van der Waals surface area contributed by atoms with Crippen molar-refractivity contribution in [3.05, 3.63) is 53.9 Å². The van der Waals surface area contributed by atoms with Crippen LogP contribution >= 0.6 is 11.3 Å². The van der Waals surface area contributed by atoms with E-state index in [4.69, 9.17) is 5.73 Å². The molecule has 0 unspecified atom stereocenters. The summed E-state index contributed by atoms with van der Waals surface area (Å²) in [5.74, 6) is 0. The number of hydrogen-bond donors (Lipinski definition) is 1. The fraction of sp³-hybridized carbons (Fsp3) is 0.118. The molecule has 0 bridgehead atoms. The van der Waals surface area contributed by atoms with Gasteiger partial charge in [0.2, 0.25) is 0 Å². The van der Waals surface area contributed by atoms with Crippen LogP contribution in [-0.2, 0) is 0 Å². The molecule has 6 heteroatoms. The number of nitrogens with zero attached hydrogens (tertiary/aromatic N) is 4. The van der Waals surface area contributed by atoms with Crippen molar-refractivity contribution in [2.75, 3.05) is 5.73 Å². The summed E-state index contributed by atoms with van der Waals surface area (Å²) >= 11 is 1.56. The molecule has 0 aliphatic rings. The summed E-state index contributed by atoms with van der Waals surface area (Å²) in [7, 11) is 0. The van der Waals surface area contributed by atoms with E-state index in [1.54, 1.807) is 16.0 Å². The van der Waals surface area contributed by atoms with Crippen molar-refractivity contribution in [3.63, 3.8) is 0 Å². The Hall–Kier alpha value is -2.73. The van der Waals surface area contributed by atoms with Crippen LogP contribution in [0.5, 0.6) is 0 Å². The number of para-hydroxylation sites is 1.